The Balaban J connectivity index is -0.00000000750. The normalized spacial score (nSPS) is 3.75. The van der Waals surface area contributed by atoms with Crippen LogP contribution in [0.15, 0.2) is 0 Å². The minimum atomic E-state index is 0. The van der Waals surface area contributed by atoms with Crippen LogP contribution < -0.4 is 11.5 Å². The third-order valence-corrected chi connectivity index (χ3v) is 0.167. The lowest BCUT2D eigenvalue weighted by Gasteiger charge is -1.72. The van der Waals surface area contributed by atoms with Gasteiger partial charge in [0.15, 0.2) is 0 Å². The first-order valence-electron chi connectivity index (χ1n) is 1.32. The van der Waals surface area contributed by atoms with Crippen LogP contribution in [0.1, 0.15) is 0 Å². The lowest BCUT2D eigenvalue weighted by molar-refractivity contribution is 0.823. The summed E-state index contributed by atoms with van der Waals surface area (Å²) in [5, 5.41) is 0. The molecule has 0 fully saturated rings. The van der Waals surface area contributed by atoms with E-state index in [0.29, 0.717) is 13.1 Å². The number of hydrogen-bond donors (Lipinski definition) is 2. The smallest absolute Gasteiger partial charge is 0.00461 e. The van der Waals surface area contributed by atoms with Crippen LogP contribution in [0.5, 0.6) is 0 Å². The van der Waals surface area contributed by atoms with Crippen molar-refractivity contribution in [3.8, 4) is 0 Å². The average molecular weight is 132 g/mol. The summed E-state index contributed by atoms with van der Waals surface area (Å²) in [6, 6.07) is 0. The summed E-state index contributed by atoms with van der Waals surface area (Å²) >= 11 is 0. The number of rotatable bonds is 1. The van der Waals surface area contributed by atoms with E-state index in [0.717, 1.165) is 0 Å². The molecule has 12 N–H and O–H groups in total. The van der Waals surface area contributed by atoms with Crippen LogP contribution in [0.25, 0.3) is 0 Å². The van der Waals surface area contributed by atoms with Gasteiger partial charge in [0.25, 0.3) is 0 Å². The molecule has 0 saturated carbocycles. The zero-order valence-corrected chi connectivity index (χ0v) is 4.57. The number of nitrogens with two attached hydrogens (primary N) is 2. The molecular formula is C2H16N2O4. The highest BCUT2D eigenvalue weighted by Gasteiger charge is 1.54. The van der Waals surface area contributed by atoms with Crippen LogP contribution >= 0.6 is 0 Å². The quantitative estimate of drug-likeness (QED) is 0.366. The van der Waals surface area contributed by atoms with Gasteiger partial charge in [-0.25, -0.2) is 0 Å². The van der Waals surface area contributed by atoms with Crippen molar-refractivity contribution in [1.29, 1.82) is 0 Å². The fourth-order valence-electron chi connectivity index (χ4n) is 0. The van der Waals surface area contributed by atoms with E-state index >= 15 is 0 Å². The zero-order chi connectivity index (χ0) is 3.41. The van der Waals surface area contributed by atoms with E-state index < -0.39 is 0 Å². The first-order valence-corrected chi connectivity index (χ1v) is 1.32. The molecule has 6 nitrogen and oxygen atoms in total. The molecule has 6 heteroatoms. The molecule has 58 valence electrons. The fraction of sp³-hybridized carbons (Fsp3) is 1.00. The molecule has 8 heavy (non-hydrogen) atoms. The Morgan fingerprint density at radius 2 is 0.750 bits per heavy atom. The molecule has 0 spiro atoms. The van der Waals surface area contributed by atoms with Gasteiger partial charge in [-0.05, 0) is 0 Å². The highest BCUT2D eigenvalue weighted by molar-refractivity contribution is 4.26. The van der Waals surface area contributed by atoms with E-state index in [1.807, 2.05) is 0 Å². The molecule has 0 aliphatic carbocycles. The predicted octanol–water partition coefficient (Wildman–Crippen LogP) is -4.39. The standard InChI is InChI=1S/C2H8N2.4H2O/c3-1-2-4;;;;/h1-4H2;4*1H2. The third kappa shape index (κ3) is 226. The van der Waals surface area contributed by atoms with Crippen molar-refractivity contribution in [2.45, 2.75) is 0 Å². The van der Waals surface area contributed by atoms with Gasteiger partial charge in [0.2, 0.25) is 0 Å². The Morgan fingerprint density at radius 1 is 0.625 bits per heavy atom. The highest BCUT2D eigenvalue weighted by atomic mass is 16.0. The van der Waals surface area contributed by atoms with E-state index in [1.165, 1.54) is 0 Å². The summed E-state index contributed by atoms with van der Waals surface area (Å²) in [4.78, 5) is 0. The van der Waals surface area contributed by atoms with Crippen LogP contribution in [0.2, 0.25) is 0 Å². The second kappa shape index (κ2) is 72.4. The second-order valence-corrected chi connectivity index (χ2v) is 0.577. The summed E-state index contributed by atoms with van der Waals surface area (Å²) < 4.78 is 0. The fourth-order valence-corrected chi connectivity index (χ4v) is 0. The molecule has 0 aromatic rings. The molecule has 0 aliphatic heterocycles. The van der Waals surface area contributed by atoms with Crippen molar-refractivity contribution in [2.75, 3.05) is 13.1 Å². The van der Waals surface area contributed by atoms with Gasteiger partial charge in [-0.3, -0.25) is 0 Å². The summed E-state index contributed by atoms with van der Waals surface area (Å²) in [5.41, 5.74) is 9.81. The molecule has 0 saturated heterocycles. The van der Waals surface area contributed by atoms with Gasteiger partial charge < -0.3 is 33.4 Å². The largest absolute Gasteiger partial charge is 0.412 e. The second-order valence-electron chi connectivity index (χ2n) is 0.577. The Hall–Kier alpha value is -0.240. The van der Waals surface area contributed by atoms with E-state index in [1.54, 1.807) is 0 Å². The van der Waals surface area contributed by atoms with Crippen molar-refractivity contribution in [2.24, 2.45) is 11.5 Å². The van der Waals surface area contributed by atoms with Crippen molar-refractivity contribution in [1.82, 2.24) is 0 Å². The molecule has 0 bridgehead atoms. The van der Waals surface area contributed by atoms with Crippen LogP contribution in [0.3, 0.4) is 0 Å². The monoisotopic (exact) mass is 132 g/mol. The Morgan fingerprint density at radius 3 is 0.750 bits per heavy atom. The topological polar surface area (TPSA) is 178 Å². The van der Waals surface area contributed by atoms with E-state index in [-0.39, 0.29) is 21.9 Å². The first kappa shape index (κ1) is 46.6. The lowest BCUT2D eigenvalue weighted by atomic mass is 10.7. The molecule has 0 rings (SSSR count). The SMILES string of the molecule is NCCN.O.O.O.O. The van der Waals surface area contributed by atoms with E-state index in [9.17, 15) is 0 Å². The van der Waals surface area contributed by atoms with Gasteiger partial charge in [0.1, 0.15) is 0 Å². The molecule has 0 atom stereocenters. The Kier molecular flexibility index (Phi) is 421. The van der Waals surface area contributed by atoms with Gasteiger partial charge in [-0.2, -0.15) is 0 Å². The van der Waals surface area contributed by atoms with Gasteiger partial charge in [0.05, 0.1) is 0 Å². The van der Waals surface area contributed by atoms with Gasteiger partial charge in [0, 0.05) is 13.1 Å². The van der Waals surface area contributed by atoms with Crippen LogP contribution in [-0.2, 0) is 0 Å². The van der Waals surface area contributed by atoms with Crippen molar-refractivity contribution in [3.63, 3.8) is 0 Å². The minimum Gasteiger partial charge on any atom is -0.412 e. The molecule has 0 heterocycles. The molecule has 0 aliphatic rings. The minimum absolute atomic E-state index is 0. The molecule has 0 unspecified atom stereocenters. The van der Waals surface area contributed by atoms with Crippen LogP contribution in [0, 0.1) is 0 Å². The van der Waals surface area contributed by atoms with Crippen molar-refractivity contribution in [3.05, 3.63) is 0 Å². The lowest BCUT2D eigenvalue weighted by Crippen LogP contribution is -2.11. The summed E-state index contributed by atoms with van der Waals surface area (Å²) in [6.07, 6.45) is 0. The van der Waals surface area contributed by atoms with Crippen molar-refractivity contribution < 1.29 is 21.9 Å². The summed E-state index contributed by atoms with van der Waals surface area (Å²) in [5.74, 6) is 0. The maximum atomic E-state index is 4.90. The predicted molar refractivity (Wildman–Crippen MR) is 32.6 cm³/mol. The first-order chi connectivity index (χ1) is 1.91. The molecule has 0 aromatic carbocycles. The zero-order valence-electron chi connectivity index (χ0n) is 4.57. The Labute approximate surface area is 47.7 Å². The maximum Gasteiger partial charge on any atom is 0.00461 e. The summed E-state index contributed by atoms with van der Waals surface area (Å²) in [7, 11) is 0. The van der Waals surface area contributed by atoms with Crippen molar-refractivity contribution >= 4 is 0 Å². The Bertz CT molecular complexity index is 14.0. The third-order valence-electron chi connectivity index (χ3n) is 0.167. The average Bonchev–Trinajstić information content (AvgIpc) is 1.37. The highest BCUT2D eigenvalue weighted by Crippen LogP contribution is 1.24. The molecule has 0 amide bonds. The van der Waals surface area contributed by atoms with Gasteiger partial charge in [-0.15, -0.1) is 0 Å². The summed E-state index contributed by atoms with van der Waals surface area (Å²) in [6.45, 7) is 1.19. The van der Waals surface area contributed by atoms with E-state index in [2.05, 4.69) is 0 Å². The van der Waals surface area contributed by atoms with Crippen LogP contribution in [-0.4, -0.2) is 35.0 Å². The van der Waals surface area contributed by atoms with Gasteiger partial charge in [-0.1, -0.05) is 0 Å². The molecular weight excluding hydrogens is 116 g/mol. The van der Waals surface area contributed by atoms with E-state index in [4.69, 9.17) is 11.5 Å². The molecule has 0 radical (unpaired) electrons. The number of hydrogen-bond acceptors (Lipinski definition) is 2. The van der Waals surface area contributed by atoms with Crippen LogP contribution in [0.4, 0.5) is 0 Å². The maximum absolute atomic E-state index is 4.90. The van der Waals surface area contributed by atoms with Gasteiger partial charge >= 0.3 is 0 Å². The molecule has 0 aromatic heterocycles.